The first-order valence-corrected chi connectivity index (χ1v) is 11.0. The summed E-state index contributed by atoms with van der Waals surface area (Å²) < 4.78 is 0. The lowest BCUT2D eigenvalue weighted by atomic mass is 9.90. The van der Waals surface area contributed by atoms with Crippen LogP contribution in [0.15, 0.2) is 12.1 Å². The second-order valence-electron chi connectivity index (χ2n) is 7.11. The Kier molecular flexibility index (Phi) is 15.4. The lowest BCUT2D eigenvalue weighted by Crippen LogP contribution is -2.03. The van der Waals surface area contributed by atoms with Crippen molar-refractivity contribution in [1.29, 1.82) is 0 Å². The van der Waals surface area contributed by atoms with Gasteiger partial charge in [0.25, 0.3) is 0 Å². The molecule has 0 aliphatic carbocycles. The van der Waals surface area contributed by atoms with E-state index in [-0.39, 0.29) is 6.15 Å². The predicted molar refractivity (Wildman–Crippen MR) is 115 cm³/mol. The van der Waals surface area contributed by atoms with Crippen molar-refractivity contribution in [3.63, 3.8) is 0 Å². The molecule has 0 saturated heterocycles. The van der Waals surface area contributed by atoms with E-state index in [0.717, 1.165) is 12.8 Å². The molecule has 0 unspecified atom stereocenters. The number of halogens is 1. The van der Waals surface area contributed by atoms with Gasteiger partial charge in [-0.05, 0) is 47.9 Å². The van der Waals surface area contributed by atoms with Gasteiger partial charge in [-0.25, -0.2) is 0 Å². The quantitative estimate of drug-likeness (QED) is 0.261. The summed E-state index contributed by atoms with van der Waals surface area (Å²) in [5.74, 6) is 0.657. The van der Waals surface area contributed by atoms with Crippen LogP contribution in [0.2, 0.25) is 0 Å². The molecule has 0 radical (unpaired) electrons. The van der Waals surface area contributed by atoms with Crippen LogP contribution in [0.5, 0.6) is 0 Å². The van der Waals surface area contributed by atoms with Crippen LogP contribution in [0.1, 0.15) is 107 Å². The van der Waals surface area contributed by atoms with E-state index in [1.54, 1.807) is 11.1 Å². The lowest BCUT2D eigenvalue weighted by Gasteiger charge is -2.16. The smallest absolute Gasteiger partial charge is 0.0476 e. The van der Waals surface area contributed by atoms with Gasteiger partial charge in [0.15, 0.2) is 0 Å². The van der Waals surface area contributed by atoms with E-state index in [9.17, 15) is 0 Å². The van der Waals surface area contributed by atoms with E-state index in [4.69, 9.17) is 11.6 Å². The molecule has 0 saturated carbocycles. The van der Waals surface area contributed by atoms with Crippen LogP contribution >= 0.6 is 11.6 Å². The molecule has 1 nitrogen and oxygen atoms in total. The highest BCUT2D eigenvalue weighted by atomic mass is 35.5. The fourth-order valence-corrected chi connectivity index (χ4v) is 4.04. The summed E-state index contributed by atoms with van der Waals surface area (Å²) in [5, 5.41) is 0. The topological polar surface area (TPSA) is 35.0 Å². The molecule has 3 N–H and O–H groups in total. The van der Waals surface area contributed by atoms with Gasteiger partial charge in [0, 0.05) is 5.88 Å². The molecule has 1 aromatic rings. The first-order chi connectivity index (χ1) is 11.8. The molecule has 0 aromatic heterocycles. The zero-order valence-corrected chi connectivity index (χ0v) is 17.9. The Bertz CT molecular complexity index is 442. The molecule has 0 atom stereocenters. The highest BCUT2D eigenvalue weighted by molar-refractivity contribution is 6.17. The van der Waals surface area contributed by atoms with Crippen LogP contribution in [-0.2, 0) is 25.1 Å². The molecule has 1 rings (SSSR count). The third-order valence-electron chi connectivity index (χ3n) is 5.28. The van der Waals surface area contributed by atoms with Crippen molar-refractivity contribution in [2.75, 3.05) is 0 Å². The van der Waals surface area contributed by atoms with Gasteiger partial charge in [0.05, 0.1) is 0 Å². The average molecular weight is 368 g/mol. The molecule has 0 amide bonds. The third-order valence-corrected chi connectivity index (χ3v) is 5.57. The fourth-order valence-electron chi connectivity index (χ4n) is 3.79. The third kappa shape index (κ3) is 9.11. The van der Waals surface area contributed by atoms with Gasteiger partial charge in [-0.3, -0.25) is 0 Å². The zero-order chi connectivity index (χ0) is 17.6. The standard InChI is InChI=1S/C23H39Cl.H3N/c1-4-7-8-9-10-11-12-13-14-15-16-23-21(19-24)18-17-20(5-2)22(23)6-3;/h17-18H,4-16,19H2,1-3H3;1H3. The highest BCUT2D eigenvalue weighted by Crippen LogP contribution is 2.25. The summed E-state index contributed by atoms with van der Waals surface area (Å²) in [6.07, 6.45) is 17.5. The average Bonchev–Trinajstić information content (AvgIpc) is 2.62. The van der Waals surface area contributed by atoms with Gasteiger partial charge in [-0.15, -0.1) is 11.6 Å². The molecular weight excluding hydrogens is 326 g/mol. The largest absolute Gasteiger partial charge is 0.344 e. The molecule has 25 heavy (non-hydrogen) atoms. The molecule has 146 valence electrons. The number of rotatable bonds is 14. The van der Waals surface area contributed by atoms with Gasteiger partial charge < -0.3 is 6.15 Å². The maximum Gasteiger partial charge on any atom is 0.0476 e. The van der Waals surface area contributed by atoms with Crippen LogP contribution in [0.25, 0.3) is 0 Å². The van der Waals surface area contributed by atoms with Crippen LogP contribution in [0.3, 0.4) is 0 Å². The van der Waals surface area contributed by atoms with Gasteiger partial charge in [0.1, 0.15) is 0 Å². The van der Waals surface area contributed by atoms with E-state index >= 15 is 0 Å². The molecule has 2 heteroatoms. The Balaban J connectivity index is 0.00000576. The lowest BCUT2D eigenvalue weighted by molar-refractivity contribution is 0.556. The fraction of sp³-hybridized carbons (Fsp3) is 0.739. The first-order valence-electron chi connectivity index (χ1n) is 10.5. The number of benzene rings is 1. The van der Waals surface area contributed by atoms with E-state index in [1.807, 2.05) is 0 Å². The van der Waals surface area contributed by atoms with Crippen molar-refractivity contribution in [3.05, 3.63) is 34.4 Å². The van der Waals surface area contributed by atoms with Crippen LogP contribution in [0.4, 0.5) is 0 Å². The number of hydrogen-bond donors (Lipinski definition) is 1. The van der Waals surface area contributed by atoms with E-state index in [2.05, 4.69) is 32.9 Å². The molecule has 1 aromatic carbocycles. The second kappa shape index (κ2) is 15.7. The molecule has 0 heterocycles. The van der Waals surface area contributed by atoms with E-state index in [1.165, 1.54) is 81.8 Å². The molecule has 0 spiro atoms. The van der Waals surface area contributed by atoms with Crippen molar-refractivity contribution >= 4 is 11.6 Å². The van der Waals surface area contributed by atoms with Crippen molar-refractivity contribution in [2.24, 2.45) is 0 Å². The summed E-state index contributed by atoms with van der Waals surface area (Å²) in [7, 11) is 0. The molecule has 0 aliphatic rings. The van der Waals surface area contributed by atoms with Gasteiger partial charge in [-0.1, -0.05) is 90.7 Å². The Morgan fingerprint density at radius 1 is 0.640 bits per heavy atom. The summed E-state index contributed by atoms with van der Waals surface area (Å²) in [6, 6.07) is 4.55. The number of unbranched alkanes of at least 4 members (excludes halogenated alkanes) is 9. The summed E-state index contributed by atoms with van der Waals surface area (Å²) >= 11 is 6.19. The van der Waals surface area contributed by atoms with Crippen molar-refractivity contribution in [1.82, 2.24) is 6.15 Å². The number of hydrogen-bond acceptors (Lipinski definition) is 1. The van der Waals surface area contributed by atoms with Gasteiger partial charge in [-0.2, -0.15) is 0 Å². The van der Waals surface area contributed by atoms with Gasteiger partial charge in [0.2, 0.25) is 0 Å². The van der Waals surface area contributed by atoms with E-state index < -0.39 is 0 Å². The molecular formula is C23H42ClN. The van der Waals surface area contributed by atoms with Crippen molar-refractivity contribution < 1.29 is 0 Å². The van der Waals surface area contributed by atoms with Crippen molar-refractivity contribution in [3.8, 4) is 0 Å². The Morgan fingerprint density at radius 2 is 1.16 bits per heavy atom. The van der Waals surface area contributed by atoms with Crippen LogP contribution < -0.4 is 6.15 Å². The highest BCUT2D eigenvalue weighted by Gasteiger charge is 2.10. The summed E-state index contributed by atoms with van der Waals surface area (Å²) in [6.45, 7) is 6.84. The Hall–Kier alpha value is -0.530. The number of alkyl halides is 1. The van der Waals surface area contributed by atoms with E-state index in [0.29, 0.717) is 5.88 Å². The minimum absolute atomic E-state index is 0. The maximum atomic E-state index is 6.19. The Labute approximate surface area is 162 Å². The summed E-state index contributed by atoms with van der Waals surface area (Å²) in [5.41, 5.74) is 6.02. The Morgan fingerprint density at radius 3 is 1.64 bits per heavy atom. The monoisotopic (exact) mass is 367 g/mol. The predicted octanol–water partition coefficient (Wildman–Crippen LogP) is 8.18. The second-order valence-corrected chi connectivity index (χ2v) is 7.38. The molecule has 0 bridgehead atoms. The summed E-state index contributed by atoms with van der Waals surface area (Å²) in [4.78, 5) is 0. The SMILES string of the molecule is CCCCCCCCCCCCc1c(CCl)ccc(CC)c1CC.N. The minimum atomic E-state index is 0. The van der Waals surface area contributed by atoms with Gasteiger partial charge >= 0.3 is 0 Å². The first kappa shape index (κ1) is 24.5. The maximum absolute atomic E-state index is 6.19. The zero-order valence-electron chi connectivity index (χ0n) is 17.1. The molecule has 0 fully saturated rings. The molecule has 0 aliphatic heterocycles. The number of aryl methyl sites for hydroxylation is 1. The minimum Gasteiger partial charge on any atom is -0.344 e. The normalized spacial score (nSPS) is 10.7. The van der Waals surface area contributed by atoms with Crippen LogP contribution in [0, 0.1) is 0 Å². The van der Waals surface area contributed by atoms with Crippen LogP contribution in [-0.4, -0.2) is 0 Å². The van der Waals surface area contributed by atoms with Crippen molar-refractivity contribution in [2.45, 2.75) is 110 Å².